The predicted molar refractivity (Wildman–Crippen MR) is 65.4 cm³/mol. The van der Waals surface area contributed by atoms with Crippen molar-refractivity contribution in [2.24, 2.45) is 5.14 Å². The molecular formula is C12H13F2NO4S. The Labute approximate surface area is 114 Å². The van der Waals surface area contributed by atoms with E-state index in [9.17, 15) is 22.0 Å². The quantitative estimate of drug-likeness (QED) is 0.861. The minimum Gasteiger partial charge on any atom is -0.459 e. The van der Waals surface area contributed by atoms with Gasteiger partial charge in [-0.3, -0.25) is 0 Å². The molecule has 0 aliphatic heterocycles. The van der Waals surface area contributed by atoms with Crippen LogP contribution >= 0.6 is 0 Å². The van der Waals surface area contributed by atoms with Gasteiger partial charge in [0.1, 0.15) is 16.8 Å². The van der Waals surface area contributed by atoms with Gasteiger partial charge in [0.2, 0.25) is 10.0 Å². The van der Waals surface area contributed by atoms with Crippen LogP contribution in [0.15, 0.2) is 17.0 Å². The topological polar surface area (TPSA) is 86.5 Å². The van der Waals surface area contributed by atoms with E-state index in [-0.39, 0.29) is 6.10 Å². The van der Waals surface area contributed by atoms with E-state index in [0.717, 1.165) is 12.8 Å². The molecule has 20 heavy (non-hydrogen) atoms. The molecule has 1 aliphatic rings. The SMILES string of the molecule is NS(=O)(=O)c1cc(F)cc(C(=O)OC2CCCC2)c1F. The lowest BCUT2D eigenvalue weighted by molar-refractivity contribution is 0.0311. The lowest BCUT2D eigenvalue weighted by Crippen LogP contribution is -2.20. The van der Waals surface area contributed by atoms with Crippen LogP contribution in [0.4, 0.5) is 8.78 Å². The summed E-state index contributed by atoms with van der Waals surface area (Å²) in [4.78, 5) is 10.7. The Kier molecular flexibility index (Phi) is 4.05. The number of ether oxygens (including phenoxy) is 1. The highest BCUT2D eigenvalue weighted by atomic mass is 32.2. The van der Waals surface area contributed by atoms with Crippen molar-refractivity contribution in [3.05, 3.63) is 29.3 Å². The Morgan fingerprint density at radius 2 is 1.85 bits per heavy atom. The van der Waals surface area contributed by atoms with Gasteiger partial charge < -0.3 is 4.74 Å². The van der Waals surface area contributed by atoms with Crippen molar-refractivity contribution < 1.29 is 26.7 Å². The molecule has 0 bridgehead atoms. The van der Waals surface area contributed by atoms with E-state index < -0.39 is 38.1 Å². The molecule has 0 saturated heterocycles. The second kappa shape index (κ2) is 5.45. The van der Waals surface area contributed by atoms with Gasteiger partial charge in [0, 0.05) is 0 Å². The highest BCUT2D eigenvalue weighted by Gasteiger charge is 2.26. The molecule has 5 nitrogen and oxygen atoms in total. The summed E-state index contributed by atoms with van der Waals surface area (Å²) in [7, 11) is -4.46. The fourth-order valence-corrected chi connectivity index (χ4v) is 2.78. The zero-order chi connectivity index (χ0) is 14.9. The predicted octanol–water partition coefficient (Wildman–Crippen LogP) is 1.71. The molecule has 0 heterocycles. The molecule has 0 spiro atoms. The van der Waals surface area contributed by atoms with Gasteiger partial charge in [-0.2, -0.15) is 0 Å². The van der Waals surface area contributed by atoms with Crippen molar-refractivity contribution >= 4 is 16.0 Å². The van der Waals surface area contributed by atoms with Crippen LogP contribution in [0.25, 0.3) is 0 Å². The first-order valence-electron chi connectivity index (χ1n) is 6.02. The lowest BCUT2D eigenvalue weighted by Gasteiger charge is -2.12. The van der Waals surface area contributed by atoms with Crippen LogP contribution in [0.5, 0.6) is 0 Å². The first-order chi connectivity index (χ1) is 9.29. The average molecular weight is 305 g/mol. The number of hydrogen-bond acceptors (Lipinski definition) is 4. The zero-order valence-electron chi connectivity index (χ0n) is 10.4. The molecule has 0 aromatic heterocycles. The van der Waals surface area contributed by atoms with Crippen LogP contribution in [0.3, 0.4) is 0 Å². The van der Waals surface area contributed by atoms with E-state index in [0.29, 0.717) is 25.0 Å². The number of carbonyl (C=O) groups excluding carboxylic acids is 1. The number of sulfonamides is 1. The molecule has 1 aromatic rings. The molecule has 1 saturated carbocycles. The monoisotopic (exact) mass is 305 g/mol. The van der Waals surface area contributed by atoms with Crippen LogP contribution in [-0.4, -0.2) is 20.5 Å². The van der Waals surface area contributed by atoms with Gasteiger partial charge in [0.15, 0.2) is 5.82 Å². The number of primary sulfonamides is 1. The number of rotatable bonds is 3. The van der Waals surface area contributed by atoms with E-state index in [2.05, 4.69) is 0 Å². The maximum Gasteiger partial charge on any atom is 0.341 e. The second-order valence-electron chi connectivity index (χ2n) is 4.62. The third kappa shape index (κ3) is 3.13. The van der Waals surface area contributed by atoms with E-state index in [4.69, 9.17) is 9.88 Å². The van der Waals surface area contributed by atoms with Gasteiger partial charge in [0.25, 0.3) is 0 Å². The lowest BCUT2D eigenvalue weighted by atomic mass is 10.2. The normalized spacial score (nSPS) is 16.4. The fourth-order valence-electron chi connectivity index (χ4n) is 2.14. The van der Waals surface area contributed by atoms with Crippen molar-refractivity contribution in [1.29, 1.82) is 0 Å². The van der Waals surface area contributed by atoms with Gasteiger partial charge in [-0.1, -0.05) is 0 Å². The number of esters is 1. The molecule has 2 N–H and O–H groups in total. The molecule has 0 unspecified atom stereocenters. The Morgan fingerprint density at radius 1 is 1.25 bits per heavy atom. The summed E-state index contributed by atoms with van der Waals surface area (Å²) in [6.07, 6.45) is 2.76. The molecule has 110 valence electrons. The summed E-state index contributed by atoms with van der Waals surface area (Å²) in [6.45, 7) is 0. The molecule has 1 fully saturated rings. The summed E-state index contributed by atoms with van der Waals surface area (Å²) in [5, 5.41) is 4.77. The highest BCUT2D eigenvalue weighted by molar-refractivity contribution is 7.89. The van der Waals surface area contributed by atoms with Gasteiger partial charge in [-0.15, -0.1) is 0 Å². The Morgan fingerprint density at radius 3 is 2.40 bits per heavy atom. The van der Waals surface area contributed by atoms with Crippen LogP contribution in [0, 0.1) is 11.6 Å². The molecule has 0 amide bonds. The smallest absolute Gasteiger partial charge is 0.341 e. The minimum atomic E-state index is -4.46. The molecule has 0 atom stereocenters. The van der Waals surface area contributed by atoms with Crippen molar-refractivity contribution in [3.63, 3.8) is 0 Å². The van der Waals surface area contributed by atoms with Crippen LogP contribution < -0.4 is 5.14 Å². The summed E-state index contributed by atoms with van der Waals surface area (Å²) in [6, 6.07) is 1.03. The Balaban J connectivity index is 2.36. The molecule has 2 rings (SSSR count). The van der Waals surface area contributed by atoms with E-state index >= 15 is 0 Å². The summed E-state index contributed by atoms with van der Waals surface area (Å²) >= 11 is 0. The molecule has 1 aliphatic carbocycles. The van der Waals surface area contributed by atoms with Crippen molar-refractivity contribution in [2.75, 3.05) is 0 Å². The first kappa shape index (κ1) is 14.9. The third-order valence-corrected chi connectivity index (χ3v) is 4.02. The van der Waals surface area contributed by atoms with Crippen LogP contribution in [0.1, 0.15) is 36.0 Å². The van der Waals surface area contributed by atoms with E-state index in [1.54, 1.807) is 0 Å². The summed E-state index contributed by atoms with van der Waals surface area (Å²) in [5.41, 5.74) is -0.763. The summed E-state index contributed by atoms with van der Waals surface area (Å²) in [5.74, 6) is -3.55. The number of halogens is 2. The van der Waals surface area contributed by atoms with Crippen molar-refractivity contribution in [3.8, 4) is 0 Å². The van der Waals surface area contributed by atoms with Gasteiger partial charge >= 0.3 is 5.97 Å². The zero-order valence-corrected chi connectivity index (χ0v) is 11.3. The number of hydrogen-bond donors (Lipinski definition) is 1. The maximum absolute atomic E-state index is 13.9. The number of benzene rings is 1. The molecule has 8 heteroatoms. The van der Waals surface area contributed by atoms with E-state index in [1.807, 2.05) is 0 Å². The summed E-state index contributed by atoms with van der Waals surface area (Å²) < 4.78 is 54.6. The van der Waals surface area contributed by atoms with Gasteiger partial charge in [-0.05, 0) is 37.8 Å². The van der Waals surface area contributed by atoms with Crippen molar-refractivity contribution in [2.45, 2.75) is 36.7 Å². The number of carbonyl (C=O) groups is 1. The molecule has 1 aromatic carbocycles. The number of nitrogens with two attached hydrogens (primary N) is 1. The van der Waals surface area contributed by atoms with Crippen LogP contribution in [-0.2, 0) is 14.8 Å². The Hall–Kier alpha value is -1.54. The minimum absolute atomic E-state index is 0.344. The second-order valence-corrected chi connectivity index (χ2v) is 6.15. The standard InChI is InChI=1S/C12H13F2NO4S/c13-7-5-9(11(14)10(6-7)20(15,17)18)12(16)19-8-3-1-2-4-8/h5-6,8H,1-4H2,(H2,15,17,18). The average Bonchev–Trinajstić information content (AvgIpc) is 2.83. The van der Waals surface area contributed by atoms with Gasteiger partial charge in [0.05, 0.1) is 5.56 Å². The maximum atomic E-state index is 13.9. The van der Waals surface area contributed by atoms with E-state index in [1.165, 1.54) is 0 Å². The largest absolute Gasteiger partial charge is 0.459 e. The fraction of sp³-hybridized carbons (Fsp3) is 0.417. The molecular weight excluding hydrogens is 292 g/mol. The first-order valence-corrected chi connectivity index (χ1v) is 7.56. The van der Waals surface area contributed by atoms with Crippen molar-refractivity contribution in [1.82, 2.24) is 0 Å². The Bertz CT molecular complexity index is 639. The third-order valence-electron chi connectivity index (χ3n) is 3.11. The van der Waals surface area contributed by atoms with Crippen LogP contribution in [0.2, 0.25) is 0 Å². The highest BCUT2D eigenvalue weighted by Crippen LogP contribution is 2.24. The molecule has 0 radical (unpaired) electrons. The van der Waals surface area contributed by atoms with Gasteiger partial charge in [-0.25, -0.2) is 27.1 Å².